The highest BCUT2D eigenvalue weighted by Crippen LogP contribution is 2.21. The molecule has 3 nitrogen and oxygen atoms in total. The van der Waals surface area contributed by atoms with Crippen LogP contribution < -0.4 is 5.32 Å². The summed E-state index contributed by atoms with van der Waals surface area (Å²) in [5.41, 5.74) is 2.92. The van der Waals surface area contributed by atoms with Crippen LogP contribution >= 0.6 is 0 Å². The average Bonchev–Trinajstić information content (AvgIpc) is 2.34. The second-order valence-corrected chi connectivity index (χ2v) is 5.99. The molecule has 0 fully saturated rings. The molecule has 0 heterocycles. The van der Waals surface area contributed by atoms with Crippen molar-refractivity contribution in [2.45, 2.75) is 40.5 Å². The molecule has 0 aromatic heterocycles. The molecule has 1 aromatic carbocycles. The van der Waals surface area contributed by atoms with E-state index in [0.29, 0.717) is 6.54 Å². The fraction of sp³-hybridized carbons (Fsp3) is 0.562. The molecule has 2 N–H and O–H groups in total. The van der Waals surface area contributed by atoms with Gasteiger partial charge in [0, 0.05) is 18.7 Å². The van der Waals surface area contributed by atoms with Gasteiger partial charge in [0.25, 0.3) is 5.91 Å². The molecule has 1 rings (SSSR count). The van der Waals surface area contributed by atoms with Crippen molar-refractivity contribution in [1.29, 1.82) is 0 Å². The molecule has 0 radical (unpaired) electrons. The van der Waals surface area contributed by atoms with Crippen molar-refractivity contribution in [3.63, 3.8) is 0 Å². The summed E-state index contributed by atoms with van der Waals surface area (Å²) in [6.07, 6.45) is 1.67. The van der Waals surface area contributed by atoms with E-state index >= 15 is 0 Å². The number of hydrogen-bond acceptors (Lipinski definition) is 2. The maximum absolute atomic E-state index is 12.1. The molecular weight excluding hydrogens is 238 g/mol. The Hall–Kier alpha value is -1.35. The van der Waals surface area contributed by atoms with E-state index in [4.69, 9.17) is 5.11 Å². The number of carbonyl (C=O) groups excluding carboxylic acids is 1. The van der Waals surface area contributed by atoms with Crippen molar-refractivity contribution >= 4 is 5.91 Å². The van der Waals surface area contributed by atoms with Crippen molar-refractivity contribution < 1.29 is 9.90 Å². The molecule has 1 amide bonds. The summed E-state index contributed by atoms with van der Waals surface area (Å²) in [7, 11) is 0. The van der Waals surface area contributed by atoms with Crippen LogP contribution in [0.1, 0.15) is 48.2 Å². The van der Waals surface area contributed by atoms with E-state index in [2.05, 4.69) is 19.2 Å². The predicted molar refractivity (Wildman–Crippen MR) is 78.4 cm³/mol. The van der Waals surface area contributed by atoms with Crippen LogP contribution in [0.25, 0.3) is 0 Å². The quantitative estimate of drug-likeness (QED) is 0.829. The van der Waals surface area contributed by atoms with Crippen LogP contribution in [0, 0.1) is 19.3 Å². The lowest BCUT2D eigenvalue weighted by Crippen LogP contribution is -2.34. The predicted octanol–water partition coefficient (Wildman–Crippen LogP) is 2.83. The van der Waals surface area contributed by atoms with Crippen molar-refractivity contribution in [3.8, 4) is 0 Å². The summed E-state index contributed by atoms with van der Waals surface area (Å²) < 4.78 is 0. The molecule has 0 bridgehead atoms. The van der Waals surface area contributed by atoms with E-state index in [-0.39, 0.29) is 17.9 Å². The number of hydrogen-bond donors (Lipinski definition) is 2. The third kappa shape index (κ3) is 5.03. The zero-order valence-corrected chi connectivity index (χ0v) is 12.4. The van der Waals surface area contributed by atoms with Crippen molar-refractivity contribution in [2.75, 3.05) is 13.2 Å². The standard InChI is InChI=1S/C16H25NO2/c1-12-6-7-14(13(2)10-12)15(19)17-11-16(3,4)8-5-9-18/h6-7,10,18H,5,8-9,11H2,1-4H3,(H,17,19). The summed E-state index contributed by atoms with van der Waals surface area (Å²) in [5.74, 6) is -0.0189. The molecule has 0 saturated carbocycles. The molecule has 0 aliphatic rings. The average molecular weight is 263 g/mol. The van der Waals surface area contributed by atoms with Crippen LogP contribution in [0.15, 0.2) is 18.2 Å². The van der Waals surface area contributed by atoms with Crippen LogP contribution in [-0.2, 0) is 0 Å². The monoisotopic (exact) mass is 263 g/mol. The van der Waals surface area contributed by atoms with Crippen molar-refractivity contribution in [2.24, 2.45) is 5.41 Å². The number of carbonyl (C=O) groups is 1. The van der Waals surface area contributed by atoms with Gasteiger partial charge in [-0.3, -0.25) is 4.79 Å². The van der Waals surface area contributed by atoms with Crippen LogP contribution in [0.3, 0.4) is 0 Å². The molecule has 0 unspecified atom stereocenters. The molecule has 0 aliphatic carbocycles. The second-order valence-electron chi connectivity index (χ2n) is 5.99. The van der Waals surface area contributed by atoms with E-state index in [0.717, 1.165) is 29.5 Å². The first-order valence-electron chi connectivity index (χ1n) is 6.82. The van der Waals surface area contributed by atoms with Crippen LogP contribution in [0.4, 0.5) is 0 Å². The maximum atomic E-state index is 12.1. The van der Waals surface area contributed by atoms with Crippen LogP contribution in [-0.4, -0.2) is 24.2 Å². The van der Waals surface area contributed by atoms with Gasteiger partial charge in [-0.05, 0) is 43.7 Å². The molecule has 0 spiro atoms. The van der Waals surface area contributed by atoms with Gasteiger partial charge in [0.15, 0.2) is 0 Å². The summed E-state index contributed by atoms with van der Waals surface area (Å²) in [6.45, 7) is 9.01. The van der Waals surface area contributed by atoms with E-state index in [1.807, 2.05) is 32.0 Å². The number of rotatable bonds is 6. The van der Waals surface area contributed by atoms with Gasteiger partial charge in [-0.25, -0.2) is 0 Å². The summed E-state index contributed by atoms with van der Waals surface area (Å²) >= 11 is 0. The first-order valence-corrected chi connectivity index (χ1v) is 6.82. The van der Waals surface area contributed by atoms with Gasteiger partial charge >= 0.3 is 0 Å². The van der Waals surface area contributed by atoms with Gasteiger partial charge < -0.3 is 10.4 Å². The number of aliphatic hydroxyl groups is 1. The van der Waals surface area contributed by atoms with Gasteiger partial charge in [-0.15, -0.1) is 0 Å². The Labute approximate surface area is 116 Å². The highest BCUT2D eigenvalue weighted by molar-refractivity contribution is 5.95. The fourth-order valence-electron chi connectivity index (χ4n) is 2.13. The minimum absolute atomic E-state index is 0.0109. The lowest BCUT2D eigenvalue weighted by atomic mass is 9.88. The van der Waals surface area contributed by atoms with Crippen LogP contribution in [0.2, 0.25) is 0 Å². The Morgan fingerprint density at radius 1 is 1.32 bits per heavy atom. The normalized spacial score (nSPS) is 11.4. The largest absolute Gasteiger partial charge is 0.396 e. The molecule has 106 valence electrons. The van der Waals surface area contributed by atoms with E-state index in [1.54, 1.807) is 0 Å². The van der Waals surface area contributed by atoms with Gasteiger partial charge in [-0.1, -0.05) is 31.5 Å². The molecule has 19 heavy (non-hydrogen) atoms. The molecule has 0 aliphatic heterocycles. The van der Waals surface area contributed by atoms with Gasteiger partial charge in [0.2, 0.25) is 0 Å². The topological polar surface area (TPSA) is 49.3 Å². The number of nitrogens with one attached hydrogen (secondary N) is 1. The first kappa shape index (κ1) is 15.7. The van der Waals surface area contributed by atoms with Gasteiger partial charge in [0.05, 0.1) is 0 Å². The SMILES string of the molecule is Cc1ccc(C(=O)NCC(C)(C)CCCO)c(C)c1. The molecule has 3 heteroatoms. The maximum Gasteiger partial charge on any atom is 0.251 e. The third-order valence-electron chi connectivity index (χ3n) is 3.37. The zero-order chi connectivity index (χ0) is 14.5. The van der Waals surface area contributed by atoms with Crippen molar-refractivity contribution in [1.82, 2.24) is 5.32 Å². The lowest BCUT2D eigenvalue weighted by molar-refractivity contribution is 0.0932. The molecule has 0 atom stereocenters. The number of aliphatic hydroxyl groups excluding tert-OH is 1. The van der Waals surface area contributed by atoms with Crippen LogP contribution in [0.5, 0.6) is 0 Å². The van der Waals surface area contributed by atoms with E-state index < -0.39 is 0 Å². The van der Waals surface area contributed by atoms with E-state index in [1.165, 1.54) is 0 Å². The molecule has 1 aromatic rings. The minimum Gasteiger partial charge on any atom is -0.396 e. The highest BCUT2D eigenvalue weighted by atomic mass is 16.2. The summed E-state index contributed by atoms with van der Waals surface area (Å²) in [4.78, 5) is 12.1. The number of amides is 1. The summed E-state index contributed by atoms with van der Waals surface area (Å²) in [6, 6.07) is 5.85. The Morgan fingerprint density at radius 2 is 2.00 bits per heavy atom. The Morgan fingerprint density at radius 3 is 2.58 bits per heavy atom. The highest BCUT2D eigenvalue weighted by Gasteiger charge is 2.19. The number of aryl methyl sites for hydroxylation is 2. The second kappa shape index (κ2) is 6.71. The Balaban J connectivity index is 2.60. The van der Waals surface area contributed by atoms with E-state index in [9.17, 15) is 4.79 Å². The fourth-order valence-corrected chi connectivity index (χ4v) is 2.13. The smallest absolute Gasteiger partial charge is 0.251 e. The molecule has 0 saturated heterocycles. The lowest BCUT2D eigenvalue weighted by Gasteiger charge is -2.24. The van der Waals surface area contributed by atoms with Gasteiger partial charge in [-0.2, -0.15) is 0 Å². The zero-order valence-electron chi connectivity index (χ0n) is 12.4. The van der Waals surface area contributed by atoms with Crippen molar-refractivity contribution in [3.05, 3.63) is 34.9 Å². The Kier molecular flexibility index (Phi) is 5.55. The third-order valence-corrected chi connectivity index (χ3v) is 3.37. The minimum atomic E-state index is -0.0189. The first-order chi connectivity index (χ1) is 8.85. The summed E-state index contributed by atoms with van der Waals surface area (Å²) in [5, 5.41) is 11.8. The number of benzene rings is 1. The Bertz CT molecular complexity index is 438. The van der Waals surface area contributed by atoms with Gasteiger partial charge in [0.1, 0.15) is 0 Å². The molecular formula is C16H25NO2.